The third kappa shape index (κ3) is 4.69. The number of anilines is 2. The van der Waals surface area contributed by atoms with Crippen molar-refractivity contribution in [2.75, 3.05) is 30.4 Å². The van der Waals surface area contributed by atoms with Crippen LogP contribution in [0.2, 0.25) is 5.02 Å². The monoisotopic (exact) mass is 388 g/mol. The molecular weight excluding hydrogens is 364 g/mol. The zero-order chi connectivity index (χ0) is 19.4. The number of hydrogen-bond acceptors (Lipinski definition) is 5. The van der Waals surface area contributed by atoms with E-state index in [9.17, 15) is 4.79 Å². The summed E-state index contributed by atoms with van der Waals surface area (Å²) in [5.41, 5.74) is 1.77. The van der Waals surface area contributed by atoms with E-state index in [4.69, 9.17) is 16.3 Å². The lowest BCUT2D eigenvalue weighted by Gasteiger charge is -2.22. The third-order valence-electron chi connectivity index (χ3n) is 4.72. The molecule has 0 aliphatic carbocycles. The Balaban J connectivity index is 1.86. The van der Waals surface area contributed by atoms with Crippen LogP contribution in [0.15, 0.2) is 18.2 Å². The quantitative estimate of drug-likeness (QED) is 0.841. The predicted octanol–water partition coefficient (Wildman–Crippen LogP) is 4.39. The van der Waals surface area contributed by atoms with Gasteiger partial charge in [0.05, 0.1) is 12.8 Å². The van der Waals surface area contributed by atoms with E-state index in [0.29, 0.717) is 28.0 Å². The van der Waals surface area contributed by atoms with Crippen LogP contribution >= 0.6 is 11.6 Å². The highest BCUT2D eigenvalue weighted by atomic mass is 35.5. The van der Waals surface area contributed by atoms with Crippen LogP contribution in [0.3, 0.4) is 0 Å². The largest absolute Gasteiger partial charge is 0.495 e. The first-order valence-electron chi connectivity index (χ1n) is 9.24. The van der Waals surface area contributed by atoms with E-state index >= 15 is 0 Å². The molecule has 1 saturated heterocycles. The van der Waals surface area contributed by atoms with Crippen LogP contribution in [0.4, 0.5) is 11.5 Å². The highest BCUT2D eigenvalue weighted by molar-refractivity contribution is 6.31. The molecule has 0 unspecified atom stereocenters. The molecule has 0 atom stereocenters. The van der Waals surface area contributed by atoms with Crippen LogP contribution in [0, 0.1) is 13.8 Å². The Kier molecular flexibility index (Phi) is 6.16. The number of ether oxygens (including phenoxy) is 1. The second-order valence-corrected chi connectivity index (χ2v) is 7.22. The van der Waals surface area contributed by atoms with Gasteiger partial charge in [0, 0.05) is 30.2 Å². The molecule has 1 aliphatic rings. The molecule has 6 nitrogen and oxygen atoms in total. The molecular formula is C20H25ClN4O2. The standard InChI is InChI=1S/C20H25ClN4O2/c1-13-10-16(18(27-3)11-15(13)21)24-20(26)17-12-19(23-14(2)22-17)25-8-6-4-5-7-9-25/h10-12H,4-9H2,1-3H3,(H,24,26). The van der Waals surface area contributed by atoms with E-state index in [0.717, 1.165) is 37.3 Å². The van der Waals surface area contributed by atoms with Gasteiger partial charge < -0.3 is 15.0 Å². The van der Waals surface area contributed by atoms with Crippen LogP contribution in [0.1, 0.15) is 47.6 Å². The van der Waals surface area contributed by atoms with Crippen molar-refractivity contribution in [3.05, 3.63) is 40.3 Å². The minimum absolute atomic E-state index is 0.295. The highest BCUT2D eigenvalue weighted by Gasteiger charge is 2.18. The Hall–Kier alpha value is -2.34. The summed E-state index contributed by atoms with van der Waals surface area (Å²) in [5, 5.41) is 3.47. The lowest BCUT2D eigenvalue weighted by atomic mass is 10.2. The average Bonchev–Trinajstić information content (AvgIpc) is 2.93. The Morgan fingerprint density at radius 3 is 2.48 bits per heavy atom. The summed E-state index contributed by atoms with van der Waals surface area (Å²) >= 11 is 6.14. The first kappa shape index (κ1) is 19.4. The first-order valence-corrected chi connectivity index (χ1v) is 9.62. The SMILES string of the molecule is COc1cc(Cl)c(C)cc1NC(=O)c1cc(N2CCCCCC2)nc(C)n1. The summed E-state index contributed by atoms with van der Waals surface area (Å²) in [6, 6.07) is 5.26. The van der Waals surface area contributed by atoms with E-state index in [-0.39, 0.29) is 5.91 Å². The Labute approximate surface area is 164 Å². The number of aryl methyl sites for hydroxylation is 2. The van der Waals surface area contributed by atoms with Crippen molar-refractivity contribution in [1.82, 2.24) is 9.97 Å². The lowest BCUT2D eigenvalue weighted by molar-refractivity contribution is 0.102. The molecule has 0 radical (unpaired) electrons. The van der Waals surface area contributed by atoms with Crippen LogP contribution in [0.25, 0.3) is 0 Å². The molecule has 1 N–H and O–H groups in total. The smallest absolute Gasteiger partial charge is 0.274 e. The van der Waals surface area contributed by atoms with Crippen molar-refractivity contribution >= 4 is 29.0 Å². The van der Waals surface area contributed by atoms with Crippen molar-refractivity contribution in [3.8, 4) is 5.75 Å². The van der Waals surface area contributed by atoms with Crippen molar-refractivity contribution in [2.24, 2.45) is 0 Å². The van der Waals surface area contributed by atoms with E-state index < -0.39 is 0 Å². The fourth-order valence-electron chi connectivity index (χ4n) is 3.25. The minimum atomic E-state index is -0.295. The van der Waals surface area contributed by atoms with E-state index in [1.807, 2.05) is 13.8 Å². The maximum Gasteiger partial charge on any atom is 0.274 e. The summed E-state index contributed by atoms with van der Waals surface area (Å²) in [4.78, 5) is 23.9. The second kappa shape index (κ2) is 8.57. The molecule has 2 aromatic rings. The maximum atomic E-state index is 12.8. The highest BCUT2D eigenvalue weighted by Crippen LogP contribution is 2.31. The molecule has 0 spiro atoms. The summed E-state index contributed by atoms with van der Waals surface area (Å²) in [5.74, 6) is 1.61. The van der Waals surface area contributed by atoms with Gasteiger partial charge in [0.2, 0.25) is 0 Å². The fraction of sp³-hybridized carbons (Fsp3) is 0.450. The average molecular weight is 389 g/mol. The van der Waals surface area contributed by atoms with Crippen molar-refractivity contribution in [1.29, 1.82) is 0 Å². The normalized spacial score (nSPS) is 14.6. The van der Waals surface area contributed by atoms with Gasteiger partial charge in [0.25, 0.3) is 5.91 Å². The van der Waals surface area contributed by atoms with Gasteiger partial charge in [-0.15, -0.1) is 0 Å². The molecule has 27 heavy (non-hydrogen) atoms. The summed E-state index contributed by atoms with van der Waals surface area (Å²) in [7, 11) is 1.54. The molecule has 0 bridgehead atoms. The number of rotatable bonds is 4. The molecule has 3 rings (SSSR count). The van der Waals surface area contributed by atoms with E-state index in [1.54, 1.807) is 25.3 Å². The lowest BCUT2D eigenvalue weighted by Crippen LogP contribution is -2.26. The fourth-order valence-corrected chi connectivity index (χ4v) is 3.40. The minimum Gasteiger partial charge on any atom is -0.495 e. The van der Waals surface area contributed by atoms with Crippen molar-refractivity contribution < 1.29 is 9.53 Å². The van der Waals surface area contributed by atoms with Crippen molar-refractivity contribution in [3.63, 3.8) is 0 Å². The van der Waals surface area contributed by atoms with Gasteiger partial charge in [-0.1, -0.05) is 24.4 Å². The number of carbonyl (C=O) groups is 1. The van der Waals surface area contributed by atoms with Gasteiger partial charge in [-0.3, -0.25) is 4.79 Å². The van der Waals surface area contributed by atoms with Gasteiger partial charge in [-0.2, -0.15) is 0 Å². The van der Waals surface area contributed by atoms with Crippen LogP contribution < -0.4 is 15.0 Å². The Morgan fingerprint density at radius 2 is 1.81 bits per heavy atom. The maximum absolute atomic E-state index is 12.8. The molecule has 1 aromatic heterocycles. The number of nitrogens with one attached hydrogen (secondary N) is 1. The number of halogens is 1. The summed E-state index contributed by atoms with van der Waals surface area (Å²) in [6.45, 7) is 5.61. The predicted molar refractivity (Wildman–Crippen MR) is 108 cm³/mol. The number of methoxy groups -OCH3 is 1. The van der Waals surface area contributed by atoms with Gasteiger partial charge in [0.1, 0.15) is 23.1 Å². The Morgan fingerprint density at radius 1 is 1.11 bits per heavy atom. The van der Waals surface area contributed by atoms with Crippen molar-refractivity contribution in [2.45, 2.75) is 39.5 Å². The molecule has 2 heterocycles. The zero-order valence-electron chi connectivity index (χ0n) is 16.0. The molecule has 1 aromatic carbocycles. The number of aromatic nitrogens is 2. The number of nitrogens with zero attached hydrogens (tertiary/aromatic N) is 3. The van der Waals surface area contributed by atoms with E-state index in [1.165, 1.54) is 12.8 Å². The Bertz CT molecular complexity index is 833. The number of benzene rings is 1. The summed E-state index contributed by atoms with van der Waals surface area (Å²) in [6.07, 6.45) is 4.77. The van der Waals surface area contributed by atoms with Gasteiger partial charge in [0.15, 0.2) is 0 Å². The topological polar surface area (TPSA) is 67.3 Å². The zero-order valence-corrected chi connectivity index (χ0v) is 16.8. The molecule has 0 saturated carbocycles. The molecule has 144 valence electrons. The third-order valence-corrected chi connectivity index (χ3v) is 5.12. The summed E-state index contributed by atoms with van der Waals surface area (Å²) < 4.78 is 5.33. The van der Waals surface area contributed by atoms with Crippen LogP contribution in [-0.4, -0.2) is 36.1 Å². The van der Waals surface area contributed by atoms with Crippen LogP contribution in [-0.2, 0) is 0 Å². The number of hydrogen-bond donors (Lipinski definition) is 1. The molecule has 1 amide bonds. The number of carbonyl (C=O) groups excluding carboxylic acids is 1. The molecule has 1 fully saturated rings. The molecule has 7 heteroatoms. The van der Waals surface area contributed by atoms with Gasteiger partial charge in [-0.05, 0) is 38.3 Å². The first-order chi connectivity index (χ1) is 13.0. The van der Waals surface area contributed by atoms with Crippen LogP contribution in [0.5, 0.6) is 5.75 Å². The van der Waals surface area contributed by atoms with Gasteiger partial charge >= 0.3 is 0 Å². The molecule has 1 aliphatic heterocycles. The second-order valence-electron chi connectivity index (χ2n) is 6.82. The van der Waals surface area contributed by atoms with Gasteiger partial charge in [-0.25, -0.2) is 9.97 Å². The van der Waals surface area contributed by atoms with E-state index in [2.05, 4.69) is 20.2 Å². The number of amides is 1.